The molecule has 1 aliphatic heterocycles. The van der Waals surface area contributed by atoms with Gasteiger partial charge in [0.15, 0.2) is 5.71 Å². The van der Waals surface area contributed by atoms with Gasteiger partial charge in [-0.15, -0.1) is 0 Å². The molecule has 10 heavy (non-hydrogen) atoms. The zero-order valence-corrected chi connectivity index (χ0v) is 5.79. The van der Waals surface area contributed by atoms with Gasteiger partial charge in [0.2, 0.25) is 0 Å². The first-order valence-corrected chi connectivity index (χ1v) is 3.11. The van der Waals surface area contributed by atoms with Crippen molar-refractivity contribution in [1.82, 2.24) is 0 Å². The highest BCUT2D eigenvalue weighted by molar-refractivity contribution is 6.36. The Labute approximate surface area is 58.8 Å². The Morgan fingerprint density at radius 1 is 1.70 bits per heavy atom. The molecule has 0 bridgehead atoms. The monoisotopic (exact) mass is 143 g/mol. The molecule has 56 valence electrons. The van der Waals surface area contributed by atoms with Crippen molar-refractivity contribution in [1.29, 1.82) is 0 Å². The number of carbonyl (C=O) groups is 1. The van der Waals surface area contributed by atoms with Crippen molar-refractivity contribution >= 4 is 11.7 Å². The average molecular weight is 143 g/mol. The smallest absolute Gasteiger partial charge is 0.356 e. The Hall–Kier alpha value is -1.06. The quantitative estimate of drug-likeness (QED) is 0.392. The van der Waals surface area contributed by atoms with E-state index in [1.165, 1.54) is 7.11 Å². The summed E-state index contributed by atoms with van der Waals surface area (Å²) in [6.07, 6.45) is 1.50. The molecule has 0 radical (unpaired) electrons. The molecule has 0 spiro atoms. The molecule has 0 saturated carbocycles. The fourth-order valence-corrected chi connectivity index (χ4v) is 0.783. The van der Waals surface area contributed by atoms with Crippen LogP contribution in [0, 0.1) is 0 Å². The second-order valence-electron chi connectivity index (χ2n) is 1.96. The molecule has 1 heterocycles. The number of cyclic esters (lactones) is 1. The molecule has 0 amide bonds. The fourth-order valence-electron chi connectivity index (χ4n) is 0.783. The summed E-state index contributed by atoms with van der Waals surface area (Å²) in [5.41, 5.74) is 0.383. The maximum Gasteiger partial charge on any atom is 0.356 e. The molecule has 1 aliphatic rings. The van der Waals surface area contributed by atoms with Gasteiger partial charge in [0.1, 0.15) is 7.11 Å². The lowest BCUT2D eigenvalue weighted by atomic mass is 10.2. The van der Waals surface area contributed by atoms with Crippen molar-refractivity contribution in [3.05, 3.63) is 0 Å². The van der Waals surface area contributed by atoms with E-state index < -0.39 is 0 Å². The molecule has 0 unspecified atom stereocenters. The number of nitrogens with zero attached hydrogens (tertiary/aromatic N) is 1. The van der Waals surface area contributed by atoms with Crippen molar-refractivity contribution in [2.24, 2.45) is 5.16 Å². The van der Waals surface area contributed by atoms with Crippen LogP contribution in [0.15, 0.2) is 5.16 Å². The normalized spacial score (nSPS) is 22.5. The van der Waals surface area contributed by atoms with Gasteiger partial charge in [-0.25, -0.2) is 4.79 Å². The van der Waals surface area contributed by atoms with E-state index in [-0.39, 0.29) is 5.97 Å². The molecule has 4 heteroatoms. The zero-order chi connectivity index (χ0) is 7.40. The van der Waals surface area contributed by atoms with E-state index >= 15 is 0 Å². The second kappa shape index (κ2) is 3.20. The van der Waals surface area contributed by atoms with Crippen molar-refractivity contribution in [3.63, 3.8) is 0 Å². The molecule has 0 atom stereocenters. The van der Waals surface area contributed by atoms with Gasteiger partial charge in [-0.05, 0) is 6.42 Å². The Morgan fingerprint density at radius 3 is 3.10 bits per heavy atom. The number of hydrogen-bond acceptors (Lipinski definition) is 4. The van der Waals surface area contributed by atoms with Crippen LogP contribution < -0.4 is 0 Å². The maximum atomic E-state index is 10.8. The van der Waals surface area contributed by atoms with E-state index in [1.807, 2.05) is 0 Å². The highest BCUT2D eigenvalue weighted by atomic mass is 16.6. The number of rotatable bonds is 1. The Kier molecular flexibility index (Phi) is 2.25. The number of ether oxygens (including phenoxy) is 1. The fraction of sp³-hybridized carbons (Fsp3) is 0.667. The van der Waals surface area contributed by atoms with Crippen molar-refractivity contribution in [2.45, 2.75) is 12.8 Å². The first-order chi connectivity index (χ1) is 4.84. The zero-order valence-electron chi connectivity index (χ0n) is 5.79. The Morgan fingerprint density at radius 2 is 2.50 bits per heavy atom. The van der Waals surface area contributed by atoms with Crippen LogP contribution >= 0.6 is 0 Å². The summed E-state index contributed by atoms with van der Waals surface area (Å²) in [7, 11) is 1.41. The van der Waals surface area contributed by atoms with Gasteiger partial charge in [-0.2, -0.15) is 0 Å². The van der Waals surface area contributed by atoms with E-state index in [0.717, 1.165) is 6.42 Å². The van der Waals surface area contributed by atoms with E-state index in [1.54, 1.807) is 0 Å². The summed E-state index contributed by atoms with van der Waals surface area (Å²) in [5, 5.41) is 3.51. The second-order valence-corrected chi connectivity index (χ2v) is 1.96. The summed E-state index contributed by atoms with van der Waals surface area (Å²) >= 11 is 0. The topological polar surface area (TPSA) is 47.9 Å². The first kappa shape index (κ1) is 7.05. The van der Waals surface area contributed by atoms with Crippen LogP contribution in [0.5, 0.6) is 0 Å². The SMILES string of the molecule is CON=C1CCCOC1=O. The van der Waals surface area contributed by atoms with Gasteiger partial charge in [-0.1, -0.05) is 5.16 Å². The van der Waals surface area contributed by atoms with Crippen LogP contribution in [-0.2, 0) is 14.4 Å². The minimum Gasteiger partial charge on any atom is -0.461 e. The van der Waals surface area contributed by atoms with Gasteiger partial charge >= 0.3 is 5.97 Å². The summed E-state index contributed by atoms with van der Waals surface area (Å²) < 4.78 is 4.69. The molecule has 0 aromatic rings. The highest BCUT2D eigenvalue weighted by Gasteiger charge is 2.18. The van der Waals surface area contributed by atoms with Crippen LogP contribution in [0.3, 0.4) is 0 Å². The van der Waals surface area contributed by atoms with Crippen molar-refractivity contribution in [2.75, 3.05) is 13.7 Å². The van der Waals surface area contributed by atoms with E-state index in [0.29, 0.717) is 18.7 Å². The molecule has 0 aliphatic carbocycles. The summed E-state index contributed by atoms with van der Waals surface area (Å²) in [6, 6.07) is 0. The molecular formula is C6H9NO3. The molecule has 1 saturated heterocycles. The van der Waals surface area contributed by atoms with Crippen LogP contribution in [0.1, 0.15) is 12.8 Å². The summed E-state index contributed by atoms with van der Waals surface area (Å²) in [6.45, 7) is 0.502. The molecule has 4 nitrogen and oxygen atoms in total. The van der Waals surface area contributed by atoms with E-state index in [2.05, 4.69) is 9.99 Å². The minimum absolute atomic E-state index is 0.354. The molecule has 0 aromatic carbocycles. The summed E-state index contributed by atoms with van der Waals surface area (Å²) in [4.78, 5) is 15.2. The van der Waals surface area contributed by atoms with Crippen LogP contribution in [0.4, 0.5) is 0 Å². The van der Waals surface area contributed by atoms with Crippen LogP contribution in [0.2, 0.25) is 0 Å². The lowest BCUT2D eigenvalue weighted by molar-refractivity contribution is -0.137. The molecule has 0 aromatic heterocycles. The van der Waals surface area contributed by atoms with E-state index in [9.17, 15) is 4.79 Å². The third-order valence-electron chi connectivity index (χ3n) is 1.23. The van der Waals surface area contributed by atoms with Gasteiger partial charge in [0.25, 0.3) is 0 Å². The largest absolute Gasteiger partial charge is 0.461 e. The molecule has 1 rings (SSSR count). The first-order valence-electron chi connectivity index (χ1n) is 3.11. The molecule has 0 N–H and O–H groups in total. The predicted octanol–water partition coefficient (Wildman–Crippen LogP) is 0.326. The van der Waals surface area contributed by atoms with Crippen molar-refractivity contribution in [3.8, 4) is 0 Å². The lowest BCUT2D eigenvalue weighted by Gasteiger charge is -2.10. The highest BCUT2D eigenvalue weighted by Crippen LogP contribution is 2.03. The van der Waals surface area contributed by atoms with E-state index in [4.69, 9.17) is 4.74 Å². The van der Waals surface area contributed by atoms with Gasteiger partial charge < -0.3 is 9.57 Å². The van der Waals surface area contributed by atoms with Gasteiger partial charge in [-0.3, -0.25) is 0 Å². The molecular weight excluding hydrogens is 134 g/mol. The van der Waals surface area contributed by atoms with Crippen LogP contribution in [-0.4, -0.2) is 25.4 Å². The third kappa shape index (κ3) is 1.46. The Bertz CT molecular complexity index is 164. The average Bonchev–Trinajstić information content (AvgIpc) is 1.94. The predicted molar refractivity (Wildman–Crippen MR) is 34.6 cm³/mol. The lowest BCUT2D eigenvalue weighted by Crippen LogP contribution is -2.24. The van der Waals surface area contributed by atoms with Gasteiger partial charge in [0, 0.05) is 6.42 Å². The minimum atomic E-state index is -0.354. The summed E-state index contributed by atoms with van der Waals surface area (Å²) in [5.74, 6) is -0.354. The number of carbonyl (C=O) groups excluding carboxylic acids is 1. The maximum absolute atomic E-state index is 10.8. The standard InChI is InChI=1S/C6H9NO3/c1-9-7-5-3-2-4-10-6(5)8/h2-4H2,1H3. The third-order valence-corrected chi connectivity index (χ3v) is 1.23. The Balaban J connectivity index is 2.56. The number of hydrogen-bond donors (Lipinski definition) is 0. The van der Waals surface area contributed by atoms with Crippen LogP contribution in [0.25, 0.3) is 0 Å². The number of esters is 1. The number of oxime groups is 1. The van der Waals surface area contributed by atoms with Crippen molar-refractivity contribution < 1.29 is 14.4 Å². The van der Waals surface area contributed by atoms with Gasteiger partial charge in [0.05, 0.1) is 6.61 Å². The molecule has 1 fully saturated rings.